The van der Waals surface area contributed by atoms with Crippen molar-refractivity contribution < 1.29 is 14.4 Å². The van der Waals surface area contributed by atoms with Crippen molar-refractivity contribution in [2.45, 2.75) is 52.7 Å². The van der Waals surface area contributed by atoms with Gasteiger partial charge in [0, 0.05) is 38.6 Å². The van der Waals surface area contributed by atoms with Gasteiger partial charge < -0.3 is 16.0 Å². The summed E-state index contributed by atoms with van der Waals surface area (Å²) in [5.74, 6) is -2.58. The van der Waals surface area contributed by atoms with E-state index < -0.39 is 35.7 Å². The number of anilines is 1. The Balaban J connectivity index is 1.58. The van der Waals surface area contributed by atoms with E-state index in [0.717, 1.165) is 27.8 Å². The Labute approximate surface area is 292 Å². The smallest absolute Gasteiger partial charge is 0.272 e. The van der Waals surface area contributed by atoms with Crippen LogP contribution in [0.25, 0.3) is 11.1 Å². The minimum Gasteiger partial charge on any atom is -0.369 e. The molecule has 248 valence electrons. The third-order valence-electron chi connectivity index (χ3n) is 8.56. The summed E-state index contributed by atoms with van der Waals surface area (Å²) in [5, 5.41) is 4.02. The minimum atomic E-state index is -1.25. The molecule has 0 saturated heterocycles. The number of nitrogens with zero attached hydrogens (tertiary/aromatic N) is 2. The number of para-hydroxylation sites is 1. The molecule has 7 nitrogen and oxygen atoms in total. The largest absolute Gasteiger partial charge is 0.369 e. The van der Waals surface area contributed by atoms with Crippen molar-refractivity contribution in [1.29, 1.82) is 0 Å². The summed E-state index contributed by atoms with van der Waals surface area (Å²) >= 11 is 12.7. The molecule has 0 spiro atoms. The second-order valence-electron chi connectivity index (χ2n) is 12.6. The predicted octanol–water partition coefficient (Wildman–Crippen LogP) is 8.05. The monoisotopic (exact) mass is 682 g/mol. The van der Waals surface area contributed by atoms with E-state index in [-0.39, 0.29) is 12.5 Å². The zero-order valence-electron chi connectivity index (χ0n) is 27.3. The average Bonchev–Trinajstić information content (AvgIpc) is 3.17. The zero-order valence-corrected chi connectivity index (χ0v) is 28.8. The van der Waals surface area contributed by atoms with Crippen molar-refractivity contribution in [1.82, 2.24) is 5.32 Å². The van der Waals surface area contributed by atoms with Gasteiger partial charge in [0.05, 0.1) is 17.9 Å². The Hall–Kier alpha value is -4.46. The highest BCUT2D eigenvalue weighted by atomic mass is 35.5. The molecule has 1 heterocycles. The molecular weight excluding hydrogens is 643 g/mol. The topological polar surface area (TPSA) is 105 Å². The molecule has 3 N–H and O–H groups in total. The Morgan fingerprint density at radius 2 is 1.58 bits per heavy atom. The number of carbonyl (C=O) groups is 3. The molecule has 4 aromatic carbocycles. The van der Waals surface area contributed by atoms with Gasteiger partial charge in [-0.3, -0.25) is 14.4 Å². The van der Waals surface area contributed by atoms with Crippen molar-refractivity contribution >= 4 is 52.3 Å². The third-order valence-corrected chi connectivity index (χ3v) is 9.10. The normalized spacial score (nSPS) is 15.7. The van der Waals surface area contributed by atoms with Gasteiger partial charge in [-0.05, 0) is 54.2 Å². The first-order valence-electron chi connectivity index (χ1n) is 16.2. The highest BCUT2D eigenvalue weighted by molar-refractivity contribution is 6.36. The van der Waals surface area contributed by atoms with E-state index >= 15 is 0 Å². The molecule has 0 radical (unpaired) electrons. The number of nitrogens with one attached hydrogen (secondary N) is 1. The molecule has 0 saturated carbocycles. The Kier molecular flexibility index (Phi) is 11.3. The van der Waals surface area contributed by atoms with Crippen LogP contribution >= 0.6 is 23.2 Å². The fraction of sp³-hybridized carbons (Fsp3) is 0.282. The molecule has 48 heavy (non-hydrogen) atoms. The van der Waals surface area contributed by atoms with Crippen LogP contribution in [0.4, 0.5) is 5.69 Å². The molecule has 4 aromatic rings. The van der Waals surface area contributed by atoms with E-state index in [2.05, 4.69) is 5.32 Å². The summed E-state index contributed by atoms with van der Waals surface area (Å²) < 4.78 is 0. The van der Waals surface area contributed by atoms with Crippen LogP contribution in [0.5, 0.6) is 0 Å². The van der Waals surface area contributed by atoms with E-state index in [1.165, 1.54) is 0 Å². The summed E-state index contributed by atoms with van der Waals surface area (Å²) in [6.07, 6.45) is 0.360. The number of benzodiazepines with no additional fused rings is 1. The van der Waals surface area contributed by atoms with Gasteiger partial charge in [0.25, 0.3) is 5.91 Å². The minimum absolute atomic E-state index is 0.120. The molecule has 1 aliphatic heterocycles. The molecule has 9 heteroatoms. The van der Waals surface area contributed by atoms with E-state index in [4.69, 9.17) is 33.9 Å². The SMILES string of the molecule is CCC[C@H](C(N)=O)[C@@H](CC(C)C)C(=O)NC1N=C(c2ccccc2)c2ccccc2N(Cc2cccc(-c3ccc(Cl)cc3Cl)c2)C1=O. The summed E-state index contributed by atoms with van der Waals surface area (Å²) in [6, 6.07) is 30.4. The number of aliphatic imine (C=N–C) groups is 1. The molecule has 0 bridgehead atoms. The van der Waals surface area contributed by atoms with Crippen LogP contribution in [0.1, 0.15) is 56.7 Å². The van der Waals surface area contributed by atoms with Crippen molar-refractivity contribution in [3.05, 3.63) is 124 Å². The molecule has 5 rings (SSSR count). The van der Waals surface area contributed by atoms with E-state index in [1.807, 2.05) is 106 Å². The molecule has 0 aliphatic carbocycles. The summed E-state index contributed by atoms with van der Waals surface area (Å²) in [7, 11) is 0. The molecule has 1 aliphatic rings. The van der Waals surface area contributed by atoms with Crippen LogP contribution in [0.3, 0.4) is 0 Å². The fourth-order valence-electron chi connectivity index (χ4n) is 6.31. The van der Waals surface area contributed by atoms with Crippen LogP contribution in [0.15, 0.2) is 102 Å². The lowest BCUT2D eigenvalue weighted by atomic mass is 9.81. The predicted molar refractivity (Wildman–Crippen MR) is 194 cm³/mol. The number of rotatable bonds is 12. The Bertz CT molecular complexity index is 1830. The fourth-order valence-corrected chi connectivity index (χ4v) is 6.83. The number of carbonyl (C=O) groups excluding carboxylic acids is 3. The molecule has 1 unspecified atom stereocenters. The van der Waals surface area contributed by atoms with Gasteiger partial charge >= 0.3 is 0 Å². The zero-order chi connectivity index (χ0) is 34.4. The number of primary amides is 1. The lowest BCUT2D eigenvalue weighted by Crippen LogP contribution is -2.50. The molecular formula is C39H40Cl2N4O3. The number of halogens is 2. The number of hydrogen-bond acceptors (Lipinski definition) is 4. The van der Waals surface area contributed by atoms with E-state index in [1.54, 1.807) is 17.0 Å². The third kappa shape index (κ3) is 7.97. The summed E-state index contributed by atoms with van der Waals surface area (Å²) in [4.78, 5) is 47.9. The number of fused-ring (bicyclic) bond motifs is 1. The van der Waals surface area contributed by atoms with Gasteiger partial charge in [-0.15, -0.1) is 0 Å². The maximum Gasteiger partial charge on any atom is 0.272 e. The lowest BCUT2D eigenvalue weighted by molar-refractivity contribution is -0.136. The van der Waals surface area contributed by atoms with Gasteiger partial charge in [0.15, 0.2) is 0 Å². The van der Waals surface area contributed by atoms with Gasteiger partial charge in [-0.2, -0.15) is 0 Å². The number of benzene rings is 4. The van der Waals surface area contributed by atoms with Crippen LogP contribution in [-0.2, 0) is 20.9 Å². The molecule has 3 amide bonds. The second-order valence-corrected chi connectivity index (χ2v) is 13.4. The number of nitrogens with two attached hydrogens (primary N) is 1. The number of amides is 3. The summed E-state index contributed by atoms with van der Waals surface area (Å²) in [5.41, 5.74) is 11.2. The van der Waals surface area contributed by atoms with Gasteiger partial charge in [-0.25, -0.2) is 4.99 Å². The van der Waals surface area contributed by atoms with Crippen LogP contribution in [-0.4, -0.2) is 29.6 Å². The van der Waals surface area contributed by atoms with Crippen molar-refractivity contribution in [3.8, 4) is 11.1 Å². The van der Waals surface area contributed by atoms with Crippen LogP contribution in [0, 0.1) is 17.8 Å². The Morgan fingerprint density at radius 1 is 0.875 bits per heavy atom. The van der Waals surface area contributed by atoms with E-state index in [0.29, 0.717) is 40.7 Å². The quantitative estimate of drug-likeness (QED) is 0.158. The molecule has 0 aromatic heterocycles. The maximum atomic E-state index is 14.6. The lowest BCUT2D eigenvalue weighted by Gasteiger charge is -2.29. The standard InChI is InChI=1S/C39H40Cl2N4O3/c1-4-11-30(36(42)46)32(20-24(2)3)38(47)44-37-39(48)45(23-25-12-10-15-27(21-25)29-19-18-28(40)22-33(29)41)34-17-9-8-16-31(34)35(43-37)26-13-6-5-7-14-26/h5-10,12-19,21-22,24,30,32,37H,4,11,20,23H2,1-3H3,(H2,42,46)(H,44,47)/t30-,32+,37?/m0/s1. The van der Waals surface area contributed by atoms with Crippen LogP contribution in [0.2, 0.25) is 10.0 Å². The van der Waals surface area contributed by atoms with Crippen molar-refractivity contribution in [2.24, 2.45) is 28.5 Å². The van der Waals surface area contributed by atoms with Gasteiger partial charge in [0.1, 0.15) is 0 Å². The Morgan fingerprint density at radius 3 is 2.27 bits per heavy atom. The maximum absolute atomic E-state index is 14.6. The summed E-state index contributed by atoms with van der Waals surface area (Å²) in [6.45, 7) is 6.15. The first kappa shape index (κ1) is 34.9. The second kappa shape index (κ2) is 15.6. The van der Waals surface area contributed by atoms with Gasteiger partial charge in [-0.1, -0.05) is 123 Å². The van der Waals surface area contributed by atoms with Crippen molar-refractivity contribution in [2.75, 3.05) is 4.90 Å². The first-order valence-corrected chi connectivity index (χ1v) is 17.0. The highest BCUT2D eigenvalue weighted by Gasteiger charge is 2.37. The van der Waals surface area contributed by atoms with Crippen LogP contribution < -0.4 is 16.0 Å². The molecule has 0 fully saturated rings. The number of hydrogen-bond donors (Lipinski definition) is 2. The average molecular weight is 684 g/mol. The molecule has 3 atom stereocenters. The first-order chi connectivity index (χ1) is 23.1. The van der Waals surface area contributed by atoms with E-state index in [9.17, 15) is 14.4 Å². The highest BCUT2D eigenvalue weighted by Crippen LogP contribution is 2.34. The van der Waals surface area contributed by atoms with Crippen molar-refractivity contribution in [3.63, 3.8) is 0 Å². The van der Waals surface area contributed by atoms with Gasteiger partial charge in [0.2, 0.25) is 18.0 Å².